The van der Waals surface area contributed by atoms with Crippen LogP contribution in [-0.4, -0.2) is 34.8 Å². The van der Waals surface area contributed by atoms with Crippen molar-refractivity contribution in [2.75, 3.05) is 18.5 Å². The molecular formula is C24H26N4O4. The Bertz CT molecular complexity index is 1150. The summed E-state index contributed by atoms with van der Waals surface area (Å²) in [6, 6.07) is 13.5. The van der Waals surface area contributed by atoms with Crippen molar-refractivity contribution in [1.29, 1.82) is 0 Å². The van der Waals surface area contributed by atoms with E-state index in [9.17, 15) is 9.59 Å². The Hall–Kier alpha value is -3.81. The molecule has 0 fully saturated rings. The number of ether oxygens (including phenoxy) is 2. The first-order valence-corrected chi connectivity index (χ1v) is 10.7. The van der Waals surface area contributed by atoms with Gasteiger partial charge >= 0.3 is 0 Å². The number of amides is 2. The highest BCUT2D eigenvalue weighted by Gasteiger charge is 2.31. The summed E-state index contributed by atoms with van der Waals surface area (Å²) in [5.41, 5.74) is 9.12. The summed E-state index contributed by atoms with van der Waals surface area (Å²) in [7, 11) is 0. The van der Waals surface area contributed by atoms with Gasteiger partial charge in [0.25, 0.3) is 5.91 Å². The number of nitrogens with two attached hydrogens (primary N) is 1. The van der Waals surface area contributed by atoms with Gasteiger partial charge < -0.3 is 20.5 Å². The maximum atomic E-state index is 12.6. The number of carbonyl (C=O) groups excluding carboxylic acids is 2. The van der Waals surface area contributed by atoms with Crippen molar-refractivity contribution in [3.8, 4) is 17.2 Å². The van der Waals surface area contributed by atoms with E-state index in [0.717, 1.165) is 28.8 Å². The molecule has 0 aliphatic carbocycles. The molecule has 1 aliphatic rings. The Morgan fingerprint density at radius 2 is 2.00 bits per heavy atom. The number of fused-ring (bicyclic) bond motifs is 1. The van der Waals surface area contributed by atoms with Crippen LogP contribution in [0.4, 0.5) is 5.82 Å². The number of benzene rings is 2. The number of anilines is 1. The van der Waals surface area contributed by atoms with Crippen LogP contribution in [0.15, 0.2) is 48.7 Å². The molecule has 2 heterocycles. The average molecular weight is 434 g/mol. The molecule has 8 heteroatoms. The quantitative estimate of drug-likeness (QED) is 0.566. The van der Waals surface area contributed by atoms with E-state index in [1.807, 2.05) is 43.5 Å². The van der Waals surface area contributed by atoms with Gasteiger partial charge in [-0.15, -0.1) is 0 Å². The smallest absolute Gasteiger partial charge is 0.255 e. The lowest BCUT2D eigenvalue weighted by atomic mass is 9.87. The van der Waals surface area contributed by atoms with Crippen molar-refractivity contribution < 1.29 is 19.1 Å². The van der Waals surface area contributed by atoms with Crippen LogP contribution in [0.5, 0.6) is 11.5 Å². The first-order valence-electron chi connectivity index (χ1n) is 10.7. The zero-order valence-corrected chi connectivity index (χ0v) is 18.1. The highest BCUT2D eigenvalue weighted by Crippen LogP contribution is 2.41. The van der Waals surface area contributed by atoms with Gasteiger partial charge in [-0.05, 0) is 42.7 Å². The van der Waals surface area contributed by atoms with Gasteiger partial charge in [0.2, 0.25) is 5.91 Å². The van der Waals surface area contributed by atoms with Gasteiger partial charge in [0, 0.05) is 17.9 Å². The lowest BCUT2D eigenvalue weighted by Gasteiger charge is -2.25. The number of aryl methyl sites for hydroxylation is 1. The maximum absolute atomic E-state index is 12.6. The molecule has 3 N–H and O–H groups in total. The fourth-order valence-corrected chi connectivity index (χ4v) is 3.99. The molecule has 4 rings (SSSR count). The van der Waals surface area contributed by atoms with Crippen LogP contribution in [0.1, 0.15) is 42.9 Å². The van der Waals surface area contributed by atoms with E-state index in [2.05, 4.69) is 23.4 Å². The third kappa shape index (κ3) is 4.16. The van der Waals surface area contributed by atoms with Crippen molar-refractivity contribution in [2.24, 2.45) is 5.73 Å². The second-order valence-corrected chi connectivity index (χ2v) is 7.54. The summed E-state index contributed by atoms with van der Waals surface area (Å²) in [5, 5.41) is 7.60. The number of aromatic nitrogens is 2. The molecule has 2 aromatic carbocycles. The Balaban J connectivity index is 1.74. The molecule has 32 heavy (non-hydrogen) atoms. The van der Waals surface area contributed by atoms with E-state index >= 15 is 0 Å². The number of hydrogen-bond acceptors (Lipinski definition) is 5. The summed E-state index contributed by atoms with van der Waals surface area (Å²) < 4.78 is 13.0. The SMILES string of the molecule is CCOc1cc([C@H]2CC(=O)Nc3c2cnn3-c2ccccc2CC)ccc1OCC(N)=O. The topological polar surface area (TPSA) is 108 Å². The molecule has 0 saturated carbocycles. The molecule has 1 atom stereocenters. The average Bonchev–Trinajstić information content (AvgIpc) is 3.21. The second kappa shape index (κ2) is 9.13. The van der Waals surface area contributed by atoms with Crippen molar-refractivity contribution in [2.45, 2.75) is 32.6 Å². The van der Waals surface area contributed by atoms with Crippen LogP contribution >= 0.6 is 0 Å². The standard InChI is InChI=1S/C24H26N4O4/c1-3-15-7-5-6-8-19(15)28-24-18(13-26-28)17(12-23(30)27-24)16-9-10-20(32-14-22(25)29)21(11-16)31-4-2/h5-11,13,17H,3-4,12,14H2,1-2H3,(H2,25,29)(H,27,30)/t17-/m1/s1. The zero-order chi connectivity index (χ0) is 22.7. The van der Waals surface area contributed by atoms with Gasteiger partial charge in [0.15, 0.2) is 18.1 Å². The molecular weight excluding hydrogens is 408 g/mol. The van der Waals surface area contributed by atoms with E-state index in [0.29, 0.717) is 30.3 Å². The van der Waals surface area contributed by atoms with Crippen LogP contribution in [0.25, 0.3) is 5.69 Å². The molecule has 0 unspecified atom stereocenters. The Morgan fingerprint density at radius 1 is 1.19 bits per heavy atom. The number of nitrogens with one attached hydrogen (secondary N) is 1. The minimum Gasteiger partial charge on any atom is -0.490 e. The second-order valence-electron chi connectivity index (χ2n) is 7.54. The lowest BCUT2D eigenvalue weighted by molar-refractivity contribution is -0.120. The normalized spacial score (nSPS) is 15.1. The summed E-state index contributed by atoms with van der Waals surface area (Å²) >= 11 is 0. The van der Waals surface area contributed by atoms with Crippen molar-refractivity contribution in [3.63, 3.8) is 0 Å². The fraction of sp³-hybridized carbons (Fsp3) is 0.292. The molecule has 166 valence electrons. The van der Waals surface area contributed by atoms with Gasteiger partial charge in [-0.1, -0.05) is 31.2 Å². The molecule has 1 aromatic heterocycles. The highest BCUT2D eigenvalue weighted by atomic mass is 16.5. The first-order chi connectivity index (χ1) is 15.5. The van der Waals surface area contributed by atoms with Gasteiger partial charge in [-0.2, -0.15) is 5.10 Å². The predicted octanol–water partition coefficient (Wildman–Crippen LogP) is 3.17. The maximum Gasteiger partial charge on any atom is 0.255 e. The van der Waals surface area contributed by atoms with E-state index in [1.165, 1.54) is 0 Å². The van der Waals surface area contributed by atoms with E-state index in [-0.39, 0.29) is 18.4 Å². The first kappa shape index (κ1) is 21.4. The minimum atomic E-state index is -0.565. The van der Waals surface area contributed by atoms with E-state index < -0.39 is 5.91 Å². The van der Waals surface area contributed by atoms with Crippen molar-refractivity contribution >= 4 is 17.6 Å². The molecule has 0 spiro atoms. The molecule has 0 bridgehead atoms. The van der Waals surface area contributed by atoms with Crippen LogP contribution in [0.3, 0.4) is 0 Å². The third-order valence-electron chi connectivity index (χ3n) is 5.46. The molecule has 8 nitrogen and oxygen atoms in total. The Kier molecular flexibility index (Phi) is 6.11. The van der Waals surface area contributed by atoms with E-state index in [4.69, 9.17) is 15.2 Å². The number of carbonyl (C=O) groups is 2. The largest absolute Gasteiger partial charge is 0.490 e. The number of nitrogens with zero attached hydrogens (tertiary/aromatic N) is 2. The summed E-state index contributed by atoms with van der Waals surface area (Å²) in [6.07, 6.45) is 2.96. The fourth-order valence-electron chi connectivity index (χ4n) is 3.99. The van der Waals surface area contributed by atoms with Crippen LogP contribution in [-0.2, 0) is 16.0 Å². The number of primary amides is 1. The molecule has 0 saturated heterocycles. The summed E-state index contributed by atoms with van der Waals surface area (Å²) in [4.78, 5) is 23.7. The number of para-hydroxylation sites is 1. The molecule has 2 amide bonds. The minimum absolute atomic E-state index is 0.0785. The number of rotatable bonds is 8. The van der Waals surface area contributed by atoms with Crippen LogP contribution in [0.2, 0.25) is 0 Å². The number of hydrogen-bond donors (Lipinski definition) is 2. The van der Waals surface area contributed by atoms with Crippen molar-refractivity contribution in [3.05, 3.63) is 65.4 Å². The Morgan fingerprint density at radius 3 is 2.75 bits per heavy atom. The Labute approximate surface area is 186 Å². The van der Waals surface area contributed by atoms with Gasteiger partial charge in [-0.3, -0.25) is 9.59 Å². The lowest BCUT2D eigenvalue weighted by Crippen LogP contribution is -2.25. The van der Waals surface area contributed by atoms with Gasteiger partial charge in [0.05, 0.1) is 18.5 Å². The molecule has 0 radical (unpaired) electrons. The highest BCUT2D eigenvalue weighted by molar-refractivity contribution is 5.94. The zero-order valence-electron chi connectivity index (χ0n) is 18.1. The predicted molar refractivity (Wildman–Crippen MR) is 120 cm³/mol. The van der Waals surface area contributed by atoms with Gasteiger partial charge in [0.1, 0.15) is 5.82 Å². The van der Waals surface area contributed by atoms with Crippen molar-refractivity contribution in [1.82, 2.24) is 9.78 Å². The summed E-state index contributed by atoms with van der Waals surface area (Å²) in [6.45, 7) is 4.15. The molecule has 3 aromatic rings. The van der Waals surface area contributed by atoms with Gasteiger partial charge in [-0.25, -0.2) is 4.68 Å². The monoisotopic (exact) mass is 434 g/mol. The van der Waals surface area contributed by atoms with E-state index in [1.54, 1.807) is 10.7 Å². The third-order valence-corrected chi connectivity index (χ3v) is 5.46. The van der Waals surface area contributed by atoms with Crippen LogP contribution in [0, 0.1) is 0 Å². The van der Waals surface area contributed by atoms with Crippen LogP contribution < -0.4 is 20.5 Å². The molecule has 1 aliphatic heterocycles. The summed E-state index contributed by atoms with van der Waals surface area (Å²) in [5.74, 6) is 0.782.